The van der Waals surface area contributed by atoms with Crippen LogP contribution < -0.4 is 19.1 Å². The topological polar surface area (TPSA) is 85.3 Å². The number of carbonyl (C=O) groups is 2. The number of carbonyl (C=O) groups excluding carboxylic acids is 2. The van der Waals surface area contributed by atoms with E-state index in [0.29, 0.717) is 47.3 Å². The van der Waals surface area contributed by atoms with Crippen molar-refractivity contribution < 1.29 is 28.9 Å². The Balaban J connectivity index is 1.86. The van der Waals surface area contributed by atoms with Gasteiger partial charge in [-0.15, -0.1) is 0 Å². The van der Waals surface area contributed by atoms with Crippen molar-refractivity contribution in [2.45, 2.75) is 46.3 Å². The quantitative estimate of drug-likeness (QED) is 0.194. The Morgan fingerprint density at radius 2 is 1.61 bits per heavy atom. The van der Waals surface area contributed by atoms with Gasteiger partial charge in [0.15, 0.2) is 0 Å². The lowest BCUT2D eigenvalue weighted by atomic mass is 9.95. The third kappa shape index (κ3) is 5.67. The van der Waals surface area contributed by atoms with E-state index >= 15 is 0 Å². The van der Waals surface area contributed by atoms with Gasteiger partial charge in [0.2, 0.25) is 0 Å². The van der Waals surface area contributed by atoms with Crippen LogP contribution in [0.3, 0.4) is 0 Å². The van der Waals surface area contributed by atoms with Crippen molar-refractivity contribution in [3.05, 3.63) is 89.5 Å². The lowest BCUT2D eigenvalue weighted by Crippen LogP contribution is -2.29. The Morgan fingerprint density at radius 1 is 0.895 bits per heavy atom. The normalized spacial score (nSPS) is 16.7. The maximum Gasteiger partial charge on any atom is 0.300 e. The highest BCUT2D eigenvalue weighted by molar-refractivity contribution is 6.51. The summed E-state index contributed by atoms with van der Waals surface area (Å²) in [5.74, 6) is 0.0774. The second kappa shape index (κ2) is 11.9. The molecule has 1 aliphatic heterocycles. The van der Waals surface area contributed by atoms with Gasteiger partial charge < -0.3 is 19.3 Å². The molecule has 0 bridgehead atoms. The molecule has 3 aromatic rings. The summed E-state index contributed by atoms with van der Waals surface area (Å²) in [6.45, 7) is 8.77. The summed E-state index contributed by atoms with van der Waals surface area (Å²) >= 11 is 0. The molecule has 7 heteroatoms. The van der Waals surface area contributed by atoms with Gasteiger partial charge in [0.1, 0.15) is 23.0 Å². The van der Waals surface area contributed by atoms with Gasteiger partial charge in [-0.2, -0.15) is 0 Å². The van der Waals surface area contributed by atoms with Crippen LogP contribution in [0.4, 0.5) is 5.69 Å². The highest BCUT2D eigenvalue weighted by atomic mass is 16.5. The van der Waals surface area contributed by atoms with E-state index in [9.17, 15) is 14.7 Å². The van der Waals surface area contributed by atoms with Gasteiger partial charge in [0.05, 0.1) is 30.9 Å². The Morgan fingerprint density at radius 3 is 2.29 bits per heavy atom. The average molecular weight is 516 g/mol. The summed E-state index contributed by atoms with van der Waals surface area (Å²) in [4.78, 5) is 28.4. The monoisotopic (exact) mass is 515 g/mol. The van der Waals surface area contributed by atoms with Crippen LogP contribution in [0.15, 0.2) is 78.4 Å². The first-order chi connectivity index (χ1) is 18.3. The van der Waals surface area contributed by atoms with E-state index in [1.807, 2.05) is 45.9 Å². The Labute approximate surface area is 223 Å². The minimum absolute atomic E-state index is 0.000682. The number of ketones is 1. The van der Waals surface area contributed by atoms with Crippen molar-refractivity contribution in [2.24, 2.45) is 0 Å². The number of aliphatic hydroxyl groups excluding tert-OH is 1. The van der Waals surface area contributed by atoms with Crippen LogP contribution in [0.2, 0.25) is 0 Å². The molecule has 4 rings (SSSR count). The molecule has 1 unspecified atom stereocenters. The Bertz CT molecular complexity index is 1330. The van der Waals surface area contributed by atoms with Gasteiger partial charge in [-0.1, -0.05) is 25.1 Å². The van der Waals surface area contributed by atoms with E-state index in [-0.39, 0.29) is 17.4 Å². The average Bonchev–Trinajstić information content (AvgIpc) is 3.17. The highest BCUT2D eigenvalue weighted by Gasteiger charge is 2.47. The van der Waals surface area contributed by atoms with E-state index in [1.165, 1.54) is 4.90 Å². The van der Waals surface area contributed by atoms with E-state index in [2.05, 4.69) is 0 Å². The number of nitrogens with zero attached hydrogens (tertiary/aromatic N) is 1. The fraction of sp³-hybridized carbons (Fsp3) is 0.290. The third-order valence-corrected chi connectivity index (χ3v) is 6.00. The van der Waals surface area contributed by atoms with Gasteiger partial charge in [0.25, 0.3) is 11.7 Å². The van der Waals surface area contributed by atoms with Gasteiger partial charge in [-0.3, -0.25) is 14.5 Å². The van der Waals surface area contributed by atoms with Crippen LogP contribution >= 0.6 is 0 Å². The largest absolute Gasteiger partial charge is 0.507 e. The zero-order chi connectivity index (χ0) is 27.2. The number of rotatable bonds is 10. The molecule has 0 aromatic heterocycles. The molecule has 1 saturated heterocycles. The minimum Gasteiger partial charge on any atom is -0.507 e. The van der Waals surface area contributed by atoms with Gasteiger partial charge in [-0.25, -0.2) is 0 Å². The highest BCUT2D eigenvalue weighted by Crippen LogP contribution is 2.43. The number of hydrogen-bond acceptors (Lipinski definition) is 6. The maximum absolute atomic E-state index is 13.5. The zero-order valence-electron chi connectivity index (χ0n) is 22.1. The first-order valence-corrected chi connectivity index (χ1v) is 12.9. The number of aliphatic hydroxyl groups is 1. The van der Waals surface area contributed by atoms with E-state index < -0.39 is 17.7 Å². The van der Waals surface area contributed by atoms with Crippen molar-refractivity contribution in [2.75, 3.05) is 18.1 Å². The zero-order valence-corrected chi connectivity index (χ0v) is 22.1. The fourth-order valence-corrected chi connectivity index (χ4v) is 4.42. The number of Topliss-reactive ketones (excluding diaryl/α,β-unsaturated/α-hetero) is 1. The Hall–Kier alpha value is -4.26. The van der Waals surface area contributed by atoms with Crippen LogP contribution in [0, 0.1) is 0 Å². The lowest BCUT2D eigenvalue weighted by Gasteiger charge is -2.26. The SMILES string of the molecule is CCCOc1ccc(/C(O)=C2\C(=O)C(=O)N(c3cccc(OCC)c3)C2c2cccc(OC(C)C)c2)cc1. The number of ether oxygens (including phenoxy) is 3. The van der Waals surface area contributed by atoms with Crippen LogP contribution in [0.1, 0.15) is 51.3 Å². The third-order valence-electron chi connectivity index (χ3n) is 6.00. The second-order valence-corrected chi connectivity index (χ2v) is 9.21. The molecule has 7 nitrogen and oxygen atoms in total. The summed E-state index contributed by atoms with van der Waals surface area (Å²) < 4.78 is 17.2. The van der Waals surface area contributed by atoms with Crippen LogP contribution in [0.5, 0.6) is 17.2 Å². The molecule has 198 valence electrons. The predicted octanol–water partition coefficient (Wildman–Crippen LogP) is 6.29. The summed E-state index contributed by atoms with van der Waals surface area (Å²) in [7, 11) is 0. The van der Waals surface area contributed by atoms with Crippen molar-refractivity contribution in [1.82, 2.24) is 0 Å². The van der Waals surface area contributed by atoms with Gasteiger partial charge in [0, 0.05) is 17.3 Å². The van der Waals surface area contributed by atoms with Gasteiger partial charge in [-0.05, 0) is 81.3 Å². The molecule has 1 fully saturated rings. The standard InChI is InChI=1S/C31H33NO6/c1-5-17-37-24-15-13-21(14-16-24)29(33)27-28(22-9-7-12-26(18-22)38-20(3)4)32(31(35)30(27)34)23-10-8-11-25(19-23)36-6-2/h7-16,18-20,28,33H,5-6,17H2,1-4H3/b29-27+. The molecule has 1 N–H and O–H groups in total. The van der Waals surface area contributed by atoms with Crippen molar-refractivity contribution in [1.29, 1.82) is 0 Å². The smallest absolute Gasteiger partial charge is 0.300 e. The first-order valence-electron chi connectivity index (χ1n) is 12.9. The fourth-order valence-electron chi connectivity index (χ4n) is 4.42. The number of benzene rings is 3. The van der Waals surface area contributed by atoms with Crippen LogP contribution in [-0.2, 0) is 9.59 Å². The van der Waals surface area contributed by atoms with E-state index in [0.717, 1.165) is 6.42 Å². The molecular formula is C31H33NO6. The number of amides is 1. The molecule has 1 heterocycles. The molecule has 38 heavy (non-hydrogen) atoms. The summed E-state index contributed by atoms with van der Waals surface area (Å²) in [5, 5.41) is 11.4. The number of anilines is 1. The first kappa shape index (κ1) is 26.8. The van der Waals surface area contributed by atoms with E-state index in [1.54, 1.807) is 54.6 Å². The number of hydrogen-bond donors (Lipinski definition) is 1. The molecule has 1 atom stereocenters. The molecule has 0 saturated carbocycles. The van der Waals surface area contributed by atoms with Crippen LogP contribution in [-0.4, -0.2) is 36.1 Å². The van der Waals surface area contributed by atoms with E-state index in [4.69, 9.17) is 14.2 Å². The molecule has 1 aliphatic rings. The van der Waals surface area contributed by atoms with Gasteiger partial charge >= 0.3 is 0 Å². The van der Waals surface area contributed by atoms with Crippen LogP contribution in [0.25, 0.3) is 5.76 Å². The Kier molecular flexibility index (Phi) is 8.36. The lowest BCUT2D eigenvalue weighted by molar-refractivity contribution is -0.132. The molecule has 1 amide bonds. The summed E-state index contributed by atoms with van der Waals surface area (Å²) in [6.07, 6.45) is 0.808. The predicted molar refractivity (Wildman–Crippen MR) is 147 cm³/mol. The molecule has 0 spiro atoms. The maximum atomic E-state index is 13.5. The summed E-state index contributed by atoms with van der Waals surface area (Å²) in [5.41, 5.74) is 1.53. The van der Waals surface area contributed by atoms with Crippen molar-refractivity contribution in [3.63, 3.8) is 0 Å². The minimum atomic E-state index is -0.876. The molecule has 0 aliphatic carbocycles. The van der Waals surface area contributed by atoms with Crippen molar-refractivity contribution >= 4 is 23.1 Å². The molecule has 3 aromatic carbocycles. The van der Waals surface area contributed by atoms with Crippen molar-refractivity contribution in [3.8, 4) is 17.2 Å². The summed E-state index contributed by atoms with van der Waals surface area (Å²) in [6, 6.07) is 20.2. The second-order valence-electron chi connectivity index (χ2n) is 9.21. The molecule has 0 radical (unpaired) electrons. The molecular weight excluding hydrogens is 482 g/mol.